The van der Waals surface area contributed by atoms with Crippen LogP contribution in [0.1, 0.15) is 22.4 Å². The number of rotatable bonds is 5. The molecule has 2 aromatic carbocycles. The van der Waals surface area contributed by atoms with Gasteiger partial charge in [-0.2, -0.15) is 0 Å². The molecule has 0 aliphatic heterocycles. The van der Waals surface area contributed by atoms with Gasteiger partial charge < -0.3 is 15.2 Å². The van der Waals surface area contributed by atoms with Crippen LogP contribution in [0.15, 0.2) is 60.8 Å². The maximum absolute atomic E-state index is 12.2. The highest BCUT2D eigenvalue weighted by atomic mass is 35.5. The zero-order valence-corrected chi connectivity index (χ0v) is 15.7. The van der Waals surface area contributed by atoms with Crippen LogP contribution >= 0.6 is 11.6 Å². The van der Waals surface area contributed by atoms with Crippen LogP contribution in [0.3, 0.4) is 0 Å². The number of aryl methyl sites for hydroxylation is 2. The van der Waals surface area contributed by atoms with Crippen LogP contribution in [-0.4, -0.2) is 10.6 Å². The zero-order valence-electron chi connectivity index (χ0n) is 14.9. The Balaban J connectivity index is 1.62. The van der Waals surface area contributed by atoms with E-state index in [1.165, 1.54) is 11.1 Å². The maximum atomic E-state index is 12.2. The van der Waals surface area contributed by atoms with Crippen molar-refractivity contribution in [3.63, 3.8) is 0 Å². The number of anilines is 1. The third kappa shape index (κ3) is 4.46. The normalized spacial score (nSPS) is 10.6. The van der Waals surface area contributed by atoms with Gasteiger partial charge in [-0.05, 0) is 54.8 Å². The molecule has 5 heteroatoms. The zero-order chi connectivity index (χ0) is 18.5. The van der Waals surface area contributed by atoms with Crippen molar-refractivity contribution >= 4 is 23.3 Å². The second-order valence-electron chi connectivity index (χ2n) is 6.32. The Morgan fingerprint density at radius 1 is 1.04 bits per heavy atom. The van der Waals surface area contributed by atoms with Crippen molar-refractivity contribution < 1.29 is 4.79 Å². The van der Waals surface area contributed by atoms with Crippen LogP contribution in [0.5, 0.6) is 0 Å². The standard InChI is InChI=1S/C21H22ClN3O/c1-15-6-3-4-7-17(15)14-25-11-5-8-19(25)13-23-21(26)24-20-12-18(22)10-9-16(20)2/h3-12H,13-14H2,1-2H3,(H2,23,24,26). The molecule has 2 N–H and O–H groups in total. The summed E-state index contributed by atoms with van der Waals surface area (Å²) in [4.78, 5) is 12.2. The first kappa shape index (κ1) is 18.1. The van der Waals surface area contributed by atoms with Crippen molar-refractivity contribution in [2.24, 2.45) is 0 Å². The lowest BCUT2D eigenvalue weighted by atomic mass is 10.1. The van der Waals surface area contributed by atoms with E-state index in [0.717, 1.165) is 17.8 Å². The van der Waals surface area contributed by atoms with Gasteiger partial charge in [0.25, 0.3) is 0 Å². The summed E-state index contributed by atoms with van der Waals surface area (Å²) in [6.45, 7) is 5.27. The Labute approximate surface area is 158 Å². The summed E-state index contributed by atoms with van der Waals surface area (Å²) in [5, 5.41) is 6.35. The van der Waals surface area contributed by atoms with Gasteiger partial charge in [-0.1, -0.05) is 41.9 Å². The summed E-state index contributed by atoms with van der Waals surface area (Å²) >= 11 is 5.99. The minimum atomic E-state index is -0.251. The van der Waals surface area contributed by atoms with Crippen molar-refractivity contribution in [1.29, 1.82) is 0 Å². The SMILES string of the molecule is Cc1ccccc1Cn1cccc1CNC(=O)Nc1cc(Cl)ccc1C. The number of carbonyl (C=O) groups excluding carboxylic acids is 1. The van der Waals surface area contributed by atoms with Crippen LogP contribution in [0.4, 0.5) is 10.5 Å². The number of amides is 2. The number of hydrogen-bond acceptors (Lipinski definition) is 1. The summed E-state index contributed by atoms with van der Waals surface area (Å²) in [6.07, 6.45) is 2.03. The molecule has 26 heavy (non-hydrogen) atoms. The molecule has 3 aromatic rings. The number of urea groups is 1. The van der Waals surface area contributed by atoms with Gasteiger partial charge in [0.15, 0.2) is 0 Å². The molecule has 0 atom stereocenters. The highest BCUT2D eigenvalue weighted by molar-refractivity contribution is 6.31. The van der Waals surface area contributed by atoms with Crippen LogP contribution in [0.25, 0.3) is 0 Å². The minimum absolute atomic E-state index is 0.251. The van der Waals surface area contributed by atoms with E-state index < -0.39 is 0 Å². The van der Waals surface area contributed by atoms with Crippen molar-refractivity contribution in [2.75, 3.05) is 5.32 Å². The molecule has 3 rings (SSSR count). The number of benzene rings is 2. The minimum Gasteiger partial charge on any atom is -0.345 e. The van der Waals surface area contributed by atoms with Crippen molar-refractivity contribution in [1.82, 2.24) is 9.88 Å². The van der Waals surface area contributed by atoms with Gasteiger partial charge in [-0.15, -0.1) is 0 Å². The van der Waals surface area contributed by atoms with Crippen molar-refractivity contribution in [2.45, 2.75) is 26.9 Å². The highest BCUT2D eigenvalue weighted by Gasteiger charge is 2.08. The molecule has 0 fully saturated rings. The van der Waals surface area contributed by atoms with E-state index in [4.69, 9.17) is 11.6 Å². The molecule has 0 saturated heterocycles. The summed E-state index contributed by atoms with van der Waals surface area (Å²) in [5.74, 6) is 0. The Bertz CT molecular complexity index is 917. The van der Waals surface area contributed by atoms with Gasteiger partial charge in [0.05, 0.1) is 6.54 Å². The average Bonchev–Trinajstić information content (AvgIpc) is 3.05. The van der Waals surface area contributed by atoms with E-state index in [1.54, 1.807) is 12.1 Å². The molecule has 1 heterocycles. The van der Waals surface area contributed by atoms with Crippen LogP contribution in [-0.2, 0) is 13.1 Å². The van der Waals surface area contributed by atoms with Gasteiger partial charge in [-0.3, -0.25) is 0 Å². The fourth-order valence-electron chi connectivity index (χ4n) is 2.80. The van der Waals surface area contributed by atoms with Gasteiger partial charge >= 0.3 is 6.03 Å². The summed E-state index contributed by atoms with van der Waals surface area (Å²) in [7, 11) is 0. The van der Waals surface area contributed by atoms with Crippen LogP contribution < -0.4 is 10.6 Å². The Kier molecular flexibility index (Phi) is 5.64. The number of nitrogens with one attached hydrogen (secondary N) is 2. The lowest BCUT2D eigenvalue weighted by Gasteiger charge is -2.13. The molecule has 134 valence electrons. The Hall–Kier alpha value is -2.72. The van der Waals surface area contributed by atoms with Crippen molar-refractivity contribution in [3.05, 3.63) is 88.2 Å². The molecular weight excluding hydrogens is 346 g/mol. The number of hydrogen-bond donors (Lipinski definition) is 2. The monoisotopic (exact) mass is 367 g/mol. The number of carbonyl (C=O) groups is 1. The maximum Gasteiger partial charge on any atom is 0.319 e. The molecule has 0 aliphatic rings. The molecular formula is C21H22ClN3O. The summed E-state index contributed by atoms with van der Waals surface area (Å²) in [5.41, 5.74) is 5.25. The number of halogens is 1. The Morgan fingerprint density at radius 2 is 1.85 bits per heavy atom. The first-order chi connectivity index (χ1) is 12.5. The topological polar surface area (TPSA) is 46.1 Å². The lowest BCUT2D eigenvalue weighted by Crippen LogP contribution is -2.29. The van der Waals surface area contributed by atoms with E-state index in [1.807, 2.05) is 43.5 Å². The molecule has 0 unspecified atom stereocenters. The third-order valence-electron chi connectivity index (χ3n) is 4.40. The molecule has 0 saturated carbocycles. The molecule has 0 bridgehead atoms. The number of nitrogens with zero attached hydrogens (tertiary/aromatic N) is 1. The van der Waals surface area contributed by atoms with E-state index in [-0.39, 0.29) is 6.03 Å². The predicted octanol–water partition coefficient (Wildman–Crippen LogP) is 5.13. The lowest BCUT2D eigenvalue weighted by molar-refractivity contribution is 0.251. The Morgan fingerprint density at radius 3 is 2.65 bits per heavy atom. The molecule has 0 aliphatic carbocycles. The van der Waals surface area contributed by atoms with Gasteiger partial charge in [0.2, 0.25) is 0 Å². The van der Waals surface area contributed by atoms with Crippen LogP contribution in [0, 0.1) is 13.8 Å². The quantitative estimate of drug-likeness (QED) is 0.645. The second-order valence-corrected chi connectivity index (χ2v) is 6.76. The number of aromatic nitrogens is 1. The fourth-order valence-corrected chi connectivity index (χ4v) is 2.97. The van der Waals surface area contributed by atoms with Crippen LogP contribution in [0.2, 0.25) is 5.02 Å². The van der Waals surface area contributed by atoms with E-state index >= 15 is 0 Å². The molecule has 4 nitrogen and oxygen atoms in total. The van der Waals surface area contributed by atoms with E-state index in [9.17, 15) is 4.79 Å². The molecule has 1 aromatic heterocycles. The average molecular weight is 368 g/mol. The summed E-state index contributed by atoms with van der Waals surface area (Å²) < 4.78 is 2.15. The third-order valence-corrected chi connectivity index (χ3v) is 4.64. The first-order valence-corrected chi connectivity index (χ1v) is 8.90. The van der Waals surface area contributed by atoms with Crippen molar-refractivity contribution in [3.8, 4) is 0 Å². The smallest absolute Gasteiger partial charge is 0.319 e. The molecule has 0 radical (unpaired) electrons. The predicted molar refractivity (Wildman–Crippen MR) is 107 cm³/mol. The van der Waals surface area contributed by atoms with Gasteiger partial charge in [0, 0.05) is 29.1 Å². The second kappa shape index (κ2) is 8.11. The van der Waals surface area contributed by atoms with Gasteiger partial charge in [0.1, 0.15) is 0 Å². The van der Waals surface area contributed by atoms with E-state index in [2.05, 4.69) is 34.3 Å². The highest BCUT2D eigenvalue weighted by Crippen LogP contribution is 2.20. The largest absolute Gasteiger partial charge is 0.345 e. The fraction of sp³-hybridized carbons (Fsp3) is 0.190. The first-order valence-electron chi connectivity index (χ1n) is 8.52. The molecule has 2 amide bonds. The van der Waals surface area contributed by atoms with E-state index in [0.29, 0.717) is 17.3 Å². The van der Waals surface area contributed by atoms with Gasteiger partial charge in [-0.25, -0.2) is 4.79 Å². The summed E-state index contributed by atoms with van der Waals surface area (Å²) in [6, 6.07) is 17.5. The molecule has 0 spiro atoms.